The molecular weight excluding hydrogens is 166 g/mol. The molecule has 0 saturated heterocycles. The van der Waals surface area contributed by atoms with Crippen molar-refractivity contribution in [3.05, 3.63) is 0 Å². The van der Waals surface area contributed by atoms with Crippen LogP contribution in [0.15, 0.2) is 4.99 Å². The minimum Gasteiger partial charge on any atom is -0.387 e. The van der Waals surface area contributed by atoms with Gasteiger partial charge in [-0.2, -0.15) is 0 Å². The predicted octanol–water partition coefficient (Wildman–Crippen LogP) is 0.654. The molecule has 13 heavy (non-hydrogen) atoms. The second-order valence-electron chi connectivity index (χ2n) is 4.15. The van der Waals surface area contributed by atoms with Crippen molar-refractivity contribution in [2.45, 2.75) is 39.7 Å². The molecule has 0 aromatic rings. The van der Waals surface area contributed by atoms with Crippen LogP contribution in [0.2, 0.25) is 0 Å². The summed E-state index contributed by atoms with van der Waals surface area (Å²) in [7, 11) is 0. The van der Waals surface area contributed by atoms with Crippen molar-refractivity contribution in [3.8, 4) is 0 Å². The van der Waals surface area contributed by atoms with Crippen LogP contribution in [0.25, 0.3) is 0 Å². The van der Waals surface area contributed by atoms with E-state index in [0.29, 0.717) is 5.84 Å². The normalized spacial score (nSPS) is 13.5. The van der Waals surface area contributed by atoms with E-state index in [1.807, 2.05) is 27.7 Å². The van der Waals surface area contributed by atoms with Crippen LogP contribution in [0.1, 0.15) is 34.1 Å². The van der Waals surface area contributed by atoms with Crippen molar-refractivity contribution in [1.82, 2.24) is 0 Å². The molecule has 4 N–H and O–H groups in total. The number of rotatable bonds is 4. The first-order valence-corrected chi connectivity index (χ1v) is 4.38. The zero-order valence-electron chi connectivity index (χ0n) is 8.79. The molecule has 4 nitrogen and oxygen atoms in total. The first kappa shape index (κ1) is 11.9. The van der Waals surface area contributed by atoms with Gasteiger partial charge < -0.3 is 11.5 Å². The Morgan fingerprint density at radius 2 is 1.85 bits per heavy atom. The van der Waals surface area contributed by atoms with Gasteiger partial charge in [0.2, 0.25) is 5.91 Å². The van der Waals surface area contributed by atoms with Crippen LogP contribution in [0.3, 0.4) is 0 Å². The van der Waals surface area contributed by atoms with Gasteiger partial charge in [-0.1, -0.05) is 13.8 Å². The van der Waals surface area contributed by atoms with Gasteiger partial charge in [-0.15, -0.1) is 0 Å². The average molecular weight is 185 g/mol. The van der Waals surface area contributed by atoms with Crippen molar-refractivity contribution in [2.75, 3.05) is 0 Å². The van der Waals surface area contributed by atoms with Crippen LogP contribution in [-0.2, 0) is 4.79 Å². The Hall–Kier alpha value is -1.06. The summed E-state index contributed by atoms with van der Waals surface area (Å²) in [6, 6.07) is 0. The topological polar surface area (TPSA) is 81.5 Å². The Labute approximate surface area is 79.4 Å². The van der Waals surface area contributed by atoms with E-state index in [1.54, 1.807) is 0 Å². The van der Waals surface area contributed by atoms with E-state index in [2.05, 4.69) is 4.99 Å². The fourth-order valence-electron chi connectivity index (χ4n) is 0.944. The Morgan fingerprint density at radius 3 is 2.15 bits per heavy atom. The van der Waals surface area contributed by atoms with Gasteiger partial charge in [0.15, 0.2) is 0 Å². The van der Waals surface area contributed by atoms with E-state index < -0.39 is 5.54 Å². The van der Waals surface area contributed by atoms with Crippen LogP contribution in [0.4, 0.5) is 0 Å². The summed E-state index contributed by atoms with van der Waals surface area (Å²) in [4.78, 5) is 14.9. The Bertz CT molecular complexity index is 219. The van der Waals surface area contributed by atoms with Crippen LogP contribution in [0, 0.1) is 5.92 Å². The van der Waals surface area contributed by atoms with Crippen LogP contribution >= 0.6 is 0 Å². The largest absolute Gasteiger partial charge is 0.387 e. The van der Waals surface area contributed by atoms with Crippen molar-refractivity contribution in [3.63, 3.8) is 0 Å². The van der Waals surface area contributed by atoms with Crippen LogP contribution < -0.4 is 11.5 Å². The number of carbonyl (C=O) groups is 1. The van der Waals surface area contributed by atoms with E-state index in [-0.39, 0.29) is 18.2 Å². The highest BCUT2D eigenvalue weighted by Crippen LogP contribution is 2.14. The third-order valence-electron chi connectivity index (χ3n) is 1.63. The van der Waals surface area contributed by atoms with Gasteiger partial charge in [-0.25, -0.2) is 0 Å². The molecule has 0 aromatic carbocycles. The molecule has 0 fully saturated rings. The zero-order chi connectivity index (χ0) is 10.6. The van der Waals surface area contributed by atoms with Gasteiger partial charge in [0.05, 0.1) is 17.8 Å². The predicted molar refractivity (Wildman–Crippen MR) is 54.4 cm³/mol. The Morgan fingerprint density at radius 1 is 1.38 bits per heavy atom. The van der Waals surface area contributed by atoms with E-state index >= 15 is 0 Å². The number of nitrogens with zero attached hydrogens (tertiary/aromatic N) is 1. The van der Waals surface area contributed by atoms with Crippen molar-refractivity contribution >= 4 is 11.7 Å². The second kappa shape index (κ2) is 4.25. The molecule has 0 bridgehead atoms. The maximum Gasteiger partial charge on any atom is 0.219 e. The molecule has 1 amide bonds. The van der Waals surface area contributed by atoms with Crippen LogP contribution in [-0.4, -0.2) is 17.3 Å². The van der Waals surface area contributed by atoms with Gasteiger partial charge >= 0.3 is 0 Å². The fraction of sp³-hybridized carbons (Fsp3) is 0.778. The van der Waals surface area contributed by atoms with Gasteiger partial charge in [0, 0.05) is 5.92 Å². The molecule has 0 aliphatic carbocycles. The third kappa shape index (κ3) is 5.22. The Kier molecular flexibility index (Phi) is 3.91. The maximum atomic E-state index is 10.7. The van der Waals surface area contributed by atoms with Gasteiger partial charge in [0.25, 0.3) is 0 Å². The van der Waals surface area contributed by atoms with Crippen molar-refractivity contribution in [1.29, 1.82) is 0 Å². The molecule has 0 atom stereocenters. The smallest absolute Gasteiger partial charge is 0.219 e. The molecule has 0 radical (unpaired) electrons. The van der Waals surface area contributed by atoms with E-state index in [9.17, 15) is 4.79 Å². The molecule has 0 aliphatic rings. The SMILES string of the molecule is CC(C)C(N)=NC(C)(C)CC(N)=O. The highest BCUT2D eigenvalue weighted by Gasteiger charge is 2.20. The van der Waals surface area contributed by atoms with E-state index in [4.69, 9.17) is 11.5 Å². The van der Waals surface area contributed by atoms with Gasteiger partial charge in [-0.05, 0) is 13.8 Å². The van der Waals surface area contributed by atoms with Crippen molar-refractivity contribution < 1.29 is 4.79 Å². The number of primary amides is 1. The highest BCUT2D eigenvalue weighted by atomic mass is 16.1. The summed E-state index contributed by atoms with van der Waals surface area (Å²) in [6.07, 6.45) is 0.223. The zero-order valence-corrected chi connectivity index (χ0v) is 8.79. The molecule has 4 heteroatoms. The first-order valence-electron chi connectivity index (χ1n) is 4.38. The first-order chi connectivity index (χ1) is 5.74. The van der Waals surface area contributed by atoms with E-state index in [0.717, 1.165) is 0 Å². The molecule has 0 aliphatic heterocycles. The monoisotopic (exact) mass is 185 g/mol. The Balaban J connectivity index is 4.47. The molecule has 0 aromatic heterocycles. The van der Waals surface area contributed by atoms with Crippen LogP contribution in [0.5, 0.6) is 0 Å². The highest BCUT2D eigenvalue weighted by molar-refractivity contribution is 5.83. The molecule has 76 valence electrons. The number of hydrogen-bond acceptors (Lipinski definition) is 2. The standard InChI is InChI=1S/C9H19N3O/c1-6(2)8(11)12-9(3,4)5-7(10)13/h6H,5H2,1-4H3,(H2,10,13)(H2,11,12). The summed E-state index contributed by atoms with van der Waals surface area (Å²) < 4.78 is 0. The minimum atomic E-state index is -0.486. The lowest BCUT2D eigenvalue weighted by Crippen LogP contribution is -2.31. The third-order valence-corrected chi connectivity index (χ3v) is 1.63. The minimum absolute atomic E-state index is 0.201. The molecule has 0 saturated carbocycles. The number of amidine groups is 1. The molecule has 0 rings (SSSR count). The molecule has 0 heterocycles. The lowest BCUT2D eigenvalue weighted by atomic mass is 10.0. The molecule has 0 spiro atoms. The fourth-order valence-corrected chi connectivity index (χ4v) is 0.944. The summed E-state index contributed by atoms with van der Waals surface area (Å²) in [5.74, 6) is 0.406. The number of hydrogen-bond donors (Lipinski definition) is 2. The quantitative estimate of drug-likeness (QED) is 0.498. The molecule has 0 unspecified atom stereocenters. The number of aliphatic imine (C=N–C) groups is 1. The number of amides is 1. The number of nitrogens with two attached hydrogens (primary N) is 2. The number of carbonyl (C=O) groups excluding carboxylic acids is 1. The summed E-state index contributed by atoms with van der Waals surface area (Å²) in [6.45, 7) is 7.60. The van der Waals surface area contributed by atoms with E-state index in [1.165, 1.54) is 0 Å². The maximum absolute atomic E-state index is 10.7. The van der Waals surface area contributed by atoms with Crippen molar-refractivity contribution in [2.24, 2.45) is 22.4 Å². The second-order valence-corrected chi connectivity index (χ2v) is 4.15. The summed E-state index contributed by atoms with van der Waals surface area (Å²) >= 11 is 0. The lowest BCUT2D eigenvalue weighted by Gasteiger charge is -2.19. The summed E-state index contributed by atoms with van der Waals surface area (Å²) in [5, 5.41) is 0. The summed E-state index contributed by atoms with van der Waals surface area (Å²) in [5.41, 5.74) is 10.3. The van der Waals surface area contributed by atoms with Gasteiger partial charge in [-0.3, -0.25) is 9.79 Å². The average Bonchev–Trinajstić information content (AvgIpc) is 1.81. The lowest BCUT2D eigenvalue weighted by molar-refractivity contribution is -0.118. The van der Waals surface area contributed by atoms with Gasteiger partial charge in [0.1, 0.15) is 0 Å². The molecular formula is C9H19N3O.